The van der Waals surface area contributed by atoms with Crippen LogP contribution in [0.3, 0.4) is 0 Å². The molecule has 1 aromatic heterocycles. The van der Waals surface area contributed by atoms with Gasteiger partial charge in [0.25, 0.3) is 5.91 Å². The normalized spacial score (nSPS) is 14.6. The van der Waals surface area contributed by atoms with Crippen molar-refractivity contribution in [1.82, 2.24) is 9.80 Å². The van der Waals surface area contributed by atoms with E-state index in [2.05, 4.69) is 0 Å². The van der Waals surface area contributed by atoms with Crippen molar-refractivity contribution in [1.29, 1.82) is 0 Å². The van der Waals surface area contributed by atoms with E-state index in [1.54, 1.807) is 23.5 Å². The van der Waals surface area contributed by atoms with Crippen LogP contribution in [0.25, 0.3) is 10.1 Å². The number of nitrogens with zero attached hydrogens (tertiary/aromatic N) is 2. The molecule has 0 unspecified atom stereocenters. The number of piperazine rings is 1. The van der Waals surface area contributed by atoms with Gasteiger partial charge in [-0.05, 0) is 23.8 Å². The summed E-state index contributed by atoms with van der Waals surface area (Å²) in [5, 5.41) is 3.61. The standard InChI is InChI=1S/C21H19ClN2O2S/c22-16-7-5-15(6-8-16)13-20(25)23-9-11-24(12-10-23)21(26)18-14-27-19-4-2-1-3-17(18)19/h1-8,14H,9-13H2. The molecule has 0 bridgehead atoms. The molecule has 138 valence electrons. The van der Waals surface area contributed by atoms with Crippen LogP contribution in [-0.4, -0.2) is 47.8 Å². The predicted octanol–water partition coefficient (Wildman–Crippen LogP) is 4.08. The van der Waals surface area contributed by atoms with Crippen LogP contribution < -0.4 is 0 Å². The van der Waals surface area contributed by atoms with Crippen LogP contribution >= 0.6 is 22.9 Å². The molecule has 2 amide bonds. The lowest BCUT2D eigenvalue weighted by Crippen LogP contribution is -2.51. The van der Waals surface area contributed by atoms with Gasteiger partial charge in [-0.15, -0.1) is 11.3 Å². The molecule has 2 aromatic carbocycles. The minimum Gasteiger partial charge on any atom is -0.339 e. The molecule has 4 rings (SSSR count). The third kappa shape index (κ3) is 3.84. The number of carbonyl (C=O) groups excluding carboxylic acids is 2. The van der Waals surface area contributed by atoms with Crippen LogP contribution in [0, 0.1) is 0 Å². The summed E-state index contributed by atoms with van der Waals surface area (Å²) in [7, 11) is 0. The summed E-state index contributed by atoms with van der Waals surface area (Å²) >= 11 is 7.48. The molecule has 0 aliphatic carbocycles. The second kappa shape index (κ2) is 7.71. The van der Waals surface area contributed by atoms with Crippen molar-refractivity contribution in [3.05, 3.63) is 70.1 Å². The van der Waals surface area contributed by atoms with E-state index in [0.717, 1.165) is 21.2 Å². The van der Waals surface area contributed by atoms with Crippen LogP contribution in [0.15, 0.2) is 53.9 Å². The van der Waals surface area contributed by atoms with E-state index in [1.165, 1.54) is 0 Å². The zero-order valence-corrected chi connectivity index (χ0v) is 16.3. The first-order chi connectivity index (χ1) is 13.1. The van der Waals surface area contributed by atoms with Crippen LogP contribution in [-0.2, 0) is 11.2 Å². The number of hydrogen-bond acceptors (Lipinski definition) is 3. The summed E-state index contributed by atoms with van der Waals surface area (Å²) < 4.78 is 1.12. The number of carbonyl (C=O) groups is 2. The van der Waals surface area contributed by atoms with Gasteiger partial charge in [0.2, 0.25) is 5.91 Å². The van der Waals surface area contributed by atoms with E-state index in [-0.39, 0.29) is 11.8 Å². The number of rotatable bonds is 3. The van der Waals surface area contributed by atoms with E-state index in [1.807, 2.05) is 51.6 Å². The van der Waals surface area contributed by atoms with E-state index < -0.39 is 0 Å². The average molecular weight is 399 g/mol. The minimum absolute atomic E-state index is 0.0530. The summed E-state index contributed by atoms with van der Waals surface area (Å²) in [4.78, 5) is 29.1. The molecular formula is C21H19ClN2O2S. The molecule has 27 heavy (non-hydrogen) atoms. The fraction of sp³-hybridized carbons (Fsp3) is 0.238. The SMILES string of the molecule is O=C(Cc1ccc(Cl)cc1)N1CCN(C(=O)c2csc3ccccc23)CC1. The van der Waals surface area contributed by atoms with Gasteiger partial charge in [-0.3, -0.25) is 9.59 Å². The van der Waals surface area contributed by atoms with Gasteiger partial charge in [0, 0.05) is 46.7 Å². The molecule has 0 saturated carbocycles. The Morgan fingerprint density at radius 2 is 1.59 bits per heavy atom. The Hall–Kier alpha value is -2.37. The number of halogens is 1. The van der Waals surface area contributed by atoms with Crippen molar-refractivity contribution >= 4 is 44.8 Å². The first kappa shape index (κ1) is 18.0. The highest BCUT2D eigenvalue weighted by molar-refractivity contribution is 7.17. The van der Waals surface area contributed by atoms with Gasteiger partial charge >= 0.3 is 0 Å². The van der Waals surface area contributed by atoms with Crippen LogP contribution in [0.1, 0.15) is 15.9 Å². The second-order valence-electron chi connectivity index (χ2n) is 6.62. The number of fused-ring (bicyclic) bond motifs is 1. The van der Waals surface area contributed by atoms with E-state index in [4.69, 9.17) is 11.6 Å². The molecule has 6 heteroatoms. The molecule has 4 nitrogen and oxygen atoms in total. The fourth-order valence-electron chi connectivity index (χ4n) is 3.36. The quantitative estimate of drug-likeness (QED) is 0.667. The minimum atomic E-state index is 0.0530. The molecular weight excluding hydrogens is 380 g/mol. The van der Waals surface area contributed by atoms with Gasteiger partial charge in [-0.2, -0.15) is 0 Å². The molecule has 0 atom stereocenters. The molecule has 1 fully saturated rings. The lowest BCUT2D eigenvalue weighted by Gasteiger charge is -2.34. The summed E-state index contributed by atoms with van der Waals surface area (Å²) in [6, 6.07) is 15.3. The van der Waals surface area contributed by atoms with Crippen LogP contribution in [0.5, 0.6) is 0 Å². The van der Waals surface area contributed by atoms with Crippen molar-refractivity contribution in [2.45, 2.75) is 6.42 Å². The Kier molecular flexibility index (Phi) is 5.14. The molecule has 3 aromatic rings. The third-order valence-corrected chi connectivity index (χ3v) is 6.12. The maximum Gasteiger partial charge on any atom is 0.255 e. The number of hydrogen-bond donors (Lipinski definition) is 0. The molecule has 0 N–H and O–H groups in total. The summed E-state index contributed by atoms with van der Waals surface area (Å²) in [6.07, 6.45) is 0.361. The molecule has 2 heterocycles. The van der Waals surface area contributed by atoms with Crippen molar-refractivity contribution in [3.8, 4) is 0 Å². The predicted molar refractivity (Wildman–Crippen MR) is 109 cm³/mol. The lowest BCUT2D eigenvalue weighted by atomic mass is 10.1. The van der Waals surface area contributed by atoms with E-state index in [0.29, 0.717) is 37.6 Å². The van der Waals surface area contributed by atoms with Crippen molar-refractivity contribution in [2.75, 3.05) is 26.2 Å². The highest BCUT2D eigenvalue weighted by Crippen LogP contribution is 2.27. The topological polar surface area (TPSA) is 40.6 Å². The zero-order valence-electron chi connectivity index (χ0n) is 14.7. The third-order valence-electron chi connectivity index (χ3n) is 4.90. The van der Waals surface area contributed by atoms with Crippen molar-refractivity contribution in [3.63, 3.8) is 0 Å². The maximum atomic E-state index is 12.9. The van der Waals surface area contributed by atoms with Gasteiger partial charge in [-0.25, -0.2) is 0 Å². The van der Waals surface area contributed by atoms with Gasteiger partial charge in [-0.1, -0.05) is 41.9 Å². The summed E-state index contributed by atoms with van der Waals surface area (Å²) in [5.74, 6) is 0.141. The molecule has 0 spiro atoms. The first-order valence-corrected chi connectivity index (χ1v) is 10.2. The van der Waals surface area contributed by atoms with Crippen molar-refractivity contribution in [2.24, 2.45) is 0 Å². The van der Waals surface area contributed by atoms with E-state index in [9.17, 15) is 9.59 Å². The largest absolute Gasteiger partial charge is 0.339 e. The smallest absolute Gasteiger partial charge is 0.255 e. The zero-order chi connectivity index (χ0) is 18.8. The highest BCUT2D eigenvalue weighted by atomic mass is 35.5. The Morgan fingerprint density at radius 3 is 2.33 bits per heavy atom. The van der Waals surface area contributed by atoms with Gasteiger partial charge in [0.1, 0.15) is 0 Å². The maximum absolute atomic E-state index is 12.9. The van der Waals surface area contributed by atoms with Gasteiger partial charge in [0.15, 0.2) is 0 Å². The van der Waals surface area contributed by atoms with Crippen molar-refractivity contribution < 1.29 is 9.59 Å². The average Bonchev–Trinajstić information content (AvgIpc) is 3.13. The fourth-order valence-corrected chi connectivity index (χ4v) is 4.42. The van der Waals surface area contributed by atoms with Crippen LogP contribution in [0.2, 0.25) is 5.02 Å². The summed E-state index contributed by atoms with van der Waals surface area (Å²) in [5.41, 5.74) is 1.71. The van der Waals surface area contributed by atoms with Gasteiger partial charge in [0.05, 0.1) is 12.0 Å². The number of thiophene rings is 1. The molecule has 1 saturated heterocycles. The van der Waals surface area contributed by atoms with E-state index >= 15 is 0 Å². The summed E-state index contributed by atoms with van der Waals surface area (Å²) in [6.45, 7) is 2.27. The Morgan fingerprint density at radius 1 is 0.926 bits per heavy atom. The van der Waals surface area contributed by atoms with Gasteiger partial charge < -0.3 is 9.80 Å². The lowest BCUT2D eigenvalue weighted by molar-refractivity contribution is -0.131. The molecule has 1 aliphatic rings. The number of amides is 2. The monoisotopic (exact) mass is 398 g/mol. The Balaban J connectivity index is 1.37. The number of benzene rings is 2. The molecule has 1 aliphatic heterocycles. The van der Waals surface area contributed by atoms with Crippen LogP contribution in [0.4, 0.5) is 0 Å². The Bertz CT molecular complexity index is 975. The highest BCUT2D eigenvalue weighted by Gasteiger charge is 2.26. The Labute approximate surface area is 167 Å². The molecule has 0 radical (unpaired) electrons. The first-order valence-electron chi connectivity index (χ1n) is 8.89. The second-order valence-corrected chi connectivity index (χ2v) is 7.97.